The van der Waals surface area contributed by atoms with Crippen molar-refractivity contribution in [2.75, 3.05) is 12.0 Å². The Morgan fingerprint density at radius 1 is 1.53 bits per heavy atom. The number of H-pyrrole nitrogens is 1. The number of pyridine rings is 1. The molecule has 0 spiro atoms. The standard InChI is InChI=1S/C6H6N4.CH4O3S/c7-6-9-4-2-1-3-8-5(4)10-6;1-5(2,3)4/h1-3H,(H3,7,8,9,10);1H3,(H,2,3,4). The Morgan fingerprint density at radius 2 is 2.13 bits per heavy atom. The second-order valence-electron chi connectivity index (χ2n) is 2.73. The molecule has 7 nitrogen and oxygen atoms in total. The van der Waals surface area contributed by atoms with Gasteiger partial charge in [-0.3, -0.25) is 4.55 Å². The zero-order valence-corrected chi connectivity index (χ0v) is 8.69. The van der Waals surface area contributed by atoms with E-state index in [9.17, 15) is 8.42 Å². The molecule has 0 saturated heterocycles. The van der Waals surface area contributed by atoms with E-state index in [4.69, 9.17) is 10.3 Å². The van der Waals surface area contributed by atoms with Crippen LogP contribution in [0.25, 0.3) is 11.2 Å². The highest BCUT2D eigenvalue weighted by Gasteiger charge is 1.96. The van der Waals surface area contributed by atoms with Crippen molar-refractivity contribution in [2.24, 2.45) is 0 Å². The zero-order valence-electron chi connectivity index (χ0n) is 7.88. The van der Waals surface area contributed by atoms with Crippen molar-refractivity contribution in [3.63, 3.8) is 0 Å². The molecule has 0 aliphatic rings. The Bertz CT molecular complexity index is 507. The van der Waals surface area contributed by atoms with Gasteiger partial charge in [-0.25, -0.2) is 4.98 Å². The maximum Gasteiger partial charge on any atom is 0.261 e. The largest absolute Gasteiger partial charge is 0.369 e. The van der Waals surface area contributed by atoms with Crippen LogP contribution in [0, 0.1) is 0 Å². The first-order valence-corrected chi connectivity index (χ1v) is 5.70. The summed E-state index contributed by atoms with van der Waals surface area (Å²) in [6, 6.07) is 3.71. The molecule has 82 valence electrons. The number of aromatic amines is 1. The number of nitrogens with one attached hydrogen (secondary N) is 1. The van der Waals surface area contributed by atoms with E-state index in [2.05, 4.69) is 15.0 Å². The van der Waals surface area contributed by atoms with Gasteiger partial charge in [0.25, 0.3) is 10.1 Å². The van der Waals surface area contributed by atoms with Gasteiger partial charge in [-0.15, -0.1) is 0 Å². The van der Waals surface area contributed by atoms with Crippen LogP contribution in [0.4, 0.5) is 5.95 Å². The minimum atomic E-state index is -3.67. The number of rotatable bonds is 0. The lowest BCUT2D eigenvalue weighted by Crippen LogP contribution is -1.88. The Balaban J connectivity index is 0.000000195. The number of imidazole rings is 1. The van der Waals surface area contributed by atoms with E-state index in [1.807, 2.05) is 12.1 Å². The Labute approximate surface area is 86.1 Å². The predicted octanol–water partition coefficient (Wildman–Crippen LogP) is 0.0441. The minimum absolute atomic E-state index is 0.411. The van der Waals surface area contributed by atoms with Gasteiger partial charge < -0.3 is 10.7 Å². The summed E-state index contributed by atoms with van der Waals surface area (Å²) in [6.07, 6.45) is 2.40. The quantitative estimate of drug-likeness (QED) is 0.549. The number of aromatic nitrogens is 3. The Morgan fingerprint density at radius 3 is 2.67 bits per heavy atom. The molecule has 8 heteroatoms. The Hall–Kier alpha value is -1.67. The molecule has 0 atom stereocenters. The van der Waals surface area contributed by atoms with Crippen LogP contribution in [0.5, 0.6) is 0 Å². The number of hydrogen-bond donors (Lipinski definition) is 3. The van der Waals surface area contributed by atoms with Crippen LogP contribution in [-0.2, 0) is 10.1 Å². The lowest BCUT2D eigenvalue weighted by atomic mass is 10.4. The van der Waals surface area contributed by atoms with Gasteiger partial charge in [-0.2, -0.15) is 13.4 Å². The van der Waals surface area contributed by atoms with Gasteiger partial charge in [-0.1, -0.05) is 0 Å². The summed E-state index contributed by atoms with van der Waals surface area (Å²) < 4.78 is 25.9. The summed E-state index contributed by atoms with van der Waals surface area (Å²) in [6.45, 7) is 0. The van der Waals surface area contributed by atoms with E-state index in [1.165, 1.54) is 0 Å². The summed E-state index contributed by atoms with van der Waals surface area (Å²) in [5.74, 6) is 0.411. The molecule has 0 aromatic carbocycles. The fourth-order valence-electron chi connectivity index (χ4n) is 0.864. The number of hydrogen-bond acceptors (Lipinski definition) is 5. The van der Waals surface area contributed by atoms with E-state index in [0.29, 0.717) is 17.9 Å². The molecule has 0 aliphatic carbocycles. The monoisotopic (exact) mass is 230 g/mol. The number of nitrogens with zero attached hydrogens (tertiary/aromatic N) is 2. The first-order valence-electron chi connectivity index (χ1n) is 3.85. The molecule has 4 N–H and O–H groups in total. The van der Waals surface area contributed by atoms with E-state index in [1.54, 1.807) is 6.20 Å². The Kier molecular flexibility index (Phi) is 3.22. The SMILES string of the molecule is CS(=O)(=O)O.Nc1nc2ncccc2[nH]1. The average Bonchev–Trinajstić information content (AvgIpc) is 2.40. The van der Waals surface area contributed by atoms with Crippen LogP contribution in [0.2, 0.25) is 0 Å². The van der Waals surface area contributed by atoms with Crippen LogP contribution in [0.15, 0.2) is 18.3 Å². The van der Waals surface area contributed by atoms with Crippen molar-refractivity contribution in [1.29, 1.82) is 0 Å². The molecule has 0 unspecified atom stereocenters. The van der Waals surface area contributed by atoms with E-state index < -0.39 is 10.1 Å². The lowest BCUT2D eigenvalue weighted by molar-refractivity contribution is 0.490. The van der Waals surface area contributed by atoms with Gasteiger partial charge in [-0.05, 0) is 12.1 Å². The molecular weight excluding hydrogens is 220 g/mol. The van der Waals surface area contributed by atoms with Crippen molar-refractivity contribution in [3.05, 3.63) is 18.3 Å². The molecule has 0 fully saturated rings. The molecule has 2 heterocycles. The molecule has 2 aromatic rings. The lowest BCUT2D eigenvalue weighted by Gasteiger charge is -1.80. The normalized spacial score (nSPS) is 10.8. The zero-order chi connectivity index (χ0) is 11.5. The van der Waals surface area contributed by atoms with Gasteiger partial charge >= 0.3 is 0 Å². The molecular formula is C7H10N4O3S. The summed E-state index contributed by atoms with van der Waals surface area (Å²) >= 11 is 0. The third-order valence-electron chi connectivity index (χ3n) is 1.28. The molecule has 2 aromatic heterocycles. The third kappa shape index (κ3) is 4.38. The number of anilines is 1. The highest BCUT2D eigenvalue weighted by Crippen LogP contribution is 2.06. The predicted molar refractivity (Wildman–Crippen MR) is 55.8 cm³/mol. The molecule has 0 saturated carbocycles. The molecule has 15 heavy (non-hydrogen) atoms. The fraction of sp³-hybridized carbons (Fsp3) is 0.143. The second-order valence-corrected chi connectivity index (χ2v) is 4.20. The maximum atomic E-state index is 9.19. The first kappa shape index (κ1) is 11.4. The minimum Gasteiger partial charge on any atom is -0.369 e. The van der Waals surface area contributed by atoms with Crippen molar-refractivity contribution in [2.45, 2.75) is 0 Å². The van der Waals surface area contributed by atoms with Crippen molar-refractivity contribution in [3.8, 4) is 0 Å². The maximum absolute atomic E-state index is 9.19. The molecule has 2 rings (SSSR count). The van der Waals surface area contributed by atoms with E-state index in [0.717, 1.165) is 5.52 Å². The average molecular weight is 230 g/mol. The summed E-state index contributed by atoms with van der Waals surface area (Å²) in [4.78, 5) is 10.8. The molecule has 0 aliphatic heterocycles. The van der Waals surface area contributed by atoms with Crippen molar-refractivity contribution in [1.82, 2.24) is 15.0 Å². The summed E-state index contributed by atoms with van der Waals surface area (Å²) in [7, 11) is -3.67. The summed E-state index contributed by atoms with van der Waals surface area (Å²) in [5.41, 5.74) is 6.93. The van der Waals surface area contributed by atoms with Crippen LogP contribution < -0.4 is 5.73 Å². The second kappa shape index (κ2) is 4.24. The number of nitrogens with two attached hydrogens (primary N) is 1. The molecule has 0 radical (unpaired) electrons. The van der Waals surface area contributed by atoms with Gasteiger partial charge in [0.05, 0.1) is 11.8 Å². The van der Waals surface area contributed by atoms with E-state index in [-0.39, 0.29) is 0 Å². The smallest absolute Gasteiger partial charge is 0.261 e. The number of nitrogen functional groups attached to an aromatic ring is 1. The van der Waals surface area contributed by atoms with Crippen LogP contribution in [0.3, 0.4) is 0 Å². The van der Waals surface area contributed by atoms with Crippen molar-refractivity contribution < 1.29 is 13.0 Å². The van der Waals surface area contributed by atoms with Gasteiger partial charge in [0.15, 0.2) is 11.6 Å². The molecule has 0 amide bonds. The first-order chi connectivity index (χ1) is 6.86. The highest BCUT2D eigenvalue weighted by molar-refractivity contribution is 7.85. The fourth-order valence-corrected chi connectivity index (χ4v) is 0.864. The van der Waals surface area contributed by atoms with Crippen LogP contribution in [-0.4, -0.2) is 34.2 Å². The van der Waals surface area contributed by atoms with Gasteiger partial charge in [0, 0.05) is 6.20 Å². The van der Waals surface area contributed by atoms with Crippen LogP contribution in [0.1, 0.15) is 0 Å². The topological polar surface area (TPSA) is 122 Å². The highest BCUT2D eigenvalue weighted by atomic mass is 32.2. The third-order valence-corrected chi connectivity index (χ3v) is 1.28. The van der Waals surface area contributed by atoms with Crippen LogP contribution >= 0.6 is 0 Å². The van der Waals surface area contributed by atoms with Crippen molar-refractivity contribution >= 4 is 27.2 Å². The van der Waals surface area contributed by atoms with Gasteiger partial charge in [0.2, 0.25) is 0 Å². The van der Waals surface area contributed by atoms with Gasteiger partial charge in [0.1, 0.15) is 0 Å². The van der Waals surface area contributed by atoms with E-state index >= 15 is 0 Å². The number of fused-ring (bicyclic) bond motifs is 1. The molecule has 0 bridgehead atoms. The summed E-state index contributed by atoms with van der Waals surface area (Å²) in [5, 5.41) is 0.